The van der Waals surface area contributed by atoms with E-state index in [4.69, 9.17) is 0 Å². The highest BCUT2D eigenvalue weighted by Crippen LogP contribution is 2.43. The van der Waals surface area contributed by atoms with Crippen LogP contribution in [0.1, 0.15) is 27.8 Å². The predicted octanol–water partition coefficient (Wildman–Crippen LogP) is 9.03. The summed E-state index contributed by atoms with van der Waals surface area (Å²) in [5.74, 6) is 0.266. The van der Waals surface area contributed by atoms with Crippen LogP contribution in [0.25, 0.3) is 21.5 Å². The number of aromatic nitrogens is 3. The van der Waals surface area contributed by atoms with Crippen molar-refractivity contribution in [2.45, 2.75) is 34.6 Å². The standard InChI is InChI=1S/C34H31N7O2/c1-18-14-24-16-21(4)30(41-40-27-13-11-23-8-6-7-9-26(23)22(27)5)31(42)29(24)28(15-18)36-33-37-32(38-34(43)39-33)35-25-12-10-19(2)20(3)17-25/h6-17,42H,1-5H3,(H3,35,36,37,38,39,43). The monoisotopic (exact) mass is 569 g/mol. The Bertz CT molecular complexity index is 2070. The summed E-state index contributed by atoms with van der Waals surface area (Å²) in [4.78, 5) is 12.6. The molecule has 0 fully saturated rings. The van der Waals surface area contributed by atoms with Gasteiger partial charge < -0.3 is 20.8 Å². The third-order valence-electron chi connectivity index (χ3n) is 7.58. The van der Waals surface area contributed by atoms with Crippen molar-refractivity contribution in [3.63, 3.8) is 0 Å². The van der Waals surface area contributed by atoms with Gasteiger partial charge in [0.05, 0.1) is 11.4 Å². The second kappa shape index (κ2) is 11.0. The van der Waals surface area contributed by atoms with Gasteiger partial charge in [0.2, 0.25) is 11.9 Å². The number of rotatable bonds is 6. The number of nitrogens with one attached hydrogen (secondary N) is 2. The van der Waals surface area contributed by atoms with Crippen LogP contribution in [0.15, 0.2) is 83.0 Å². The molecule has 6 aromatic rings. The van der Waals surface area contributed by atoms with Gasteiger partial charge in [0.1, 0.15) is 5.69 Å². The second-order valence-corrected chi connectivity index (χ2v) is 10.8. The van der Waals surface area contributed by atoms with Crippen molar-refractivity contribution >= 4 is 56.2 Å². The van der Waals surface area contributed by atoms with Gasteiger partial charge in [0.25, 0.3) is 0 Å². The van der Waals surface area contributed by atoms with E-state index in [1.54, 1.807) is 0 Å². The molecule has 6 rings (SSSR count). The first-order valence-corrected chi connectivity index (χ1v) is 13.9. The van der Waals surface area contributed by atoms with E-state index in [-0.39, 0.29) is 17.6 Å². The molecule has 0 aliphatic rings. The molecule has 0 saturated heterocycles. The molecule has 9 nitrogen and oxygen atoms in total. The summed E-state index contributed by atoms with van der Waals surface area (Å²) in [5, 5.41) is 40.8. The molecule has 0 bridgehead atoms. The van der Waals surface area contributed by atoms with Crippen molar-refractivity contribution in [2.75, 3.05) is 10.6 Å². The number of fused-ring (bicyclic) bond motifs is 2. The van der Waals surface area contributed by atoms with E-state index in [0.29, 0.717) is 16.8 Å². The van der Waals surface area contributed by atoms with Crippen molar-refractivity contribution in [1.29, 1.82) is 0 Å². The van der Waals surface area contributed by atoms with Crippen LogP contribution in [0.4, 0.5) is 34.6 Å². The van der Waals surface area contributed by atoms with E-state index in [2.05, 4.69) is 47.9 Å². The Hall–Kier alpha value is -5.57. The van der Waals surface area contributed by atoms with Crippen molar-refractivity contribution < 1.29 is 10.2 Å². The van der Waals surface area contributed by atoms with Crippen LogP contribution < -0.4 is 10.6 Å². The van der Waals surface area contributed by atoms with Crippen LogP contribution in [0.3, 0.4) is 0 Å². The van der Waals surface area contributed by atoms with Crippen LogP contribution in [0, 0.1) is 34.6 Å². The molecule has 0 aliphatic heterocycles. The Balaban J connectivity index is 1.38. The number of aromatic hydroxyl groups is 2. The van der Waals surface area contributed by atoms with Crippen LogP contribution in [-0.4, -0.2) is 25.2 Å². The van der Waals surface area contributed by atoms with Gasteiger partial charge >= 0.3 is 6.01 Å². The molecule has 9 heteroatoms. The second-order valence-electron chi connectivity index (χ2n) is 10.8. The van der Waals surface area contributed by atoms with Gasteiger partial charge in [-0.1, -0.05) is 42.5 Å². The zero-order chi connectivity index (χ0) is 30.2. The number of phenolic OH excluding ortho intramolecular Hbond substituents is 1. The molecule has 0 saturated carbocycles. The van der Waals surface area contributed by atoms with Gasteiger partial charge in [-0.25, -0.2) is 0 Å². The average molecular weight is 570 g/mol. The summed E-state index contributed by atoms with van der Waals surface area (Å²) < 4.78 is 0. The molecule has 1 aromatic heterocycles. The minimum Gasteiger partial charge on any atom is -0.505 e. The molecule has 43 heavy (non-hydrogen) atoms. The summed E-state index contributed by atoms with van der Waals surface area (Å²) in [6.45, 7) is 9.93. The topological polar surface area (TPSA) is 128 Å². The lowest BCUT2D eigenvalue weighted by Gasteiger charge is -2.15. The quantitative estimate of drug-likeness (QED) is 0.147. The van der Waals surface area contributed by atoms with E-state index in [0.717, 1.165) is 49.8 Å². The predicted molar refractivity (Wildman–Crippen MR) is 172 cm³/mol. The molecule has 4 N–H and O–H groups in total. The molecular formula is C34H31N7O2. The van der Waals surface area contributed by atoms with E-state index in [1.165, 1.54) is 5.56 Å². The zero-order valence-electron chi connectivity index (χ0n) is 24.6. The fourth-order valence-electron chi connectivity index (χ4n) is 5.20. The normalized spacial score (nSPS) is 11.5. The minimum atomic E-state index is -0.443. The molecule has 1 heterocycles. The largest absolute Gasteiger partial charge is 0.505 e. The van der Waals surface area contributed by atoms with Gasteiger partial charge in [0, 0.05) is 11.1 Å². The van der Waals surface area contributed by atoms with E-state index in [9.17, 15) is 10.2 Å². The Labute approximate surface area is 249 Å². The summed E-state index contributed by atoms with van der Waals surface area (Å²) >= 11 is 0. The van der Waals surface area contributed by atoms with Crippen molar-refractivity contribution in [2.24, 2.45) is 10.2 Å². The number of hydrogen-bond donors (Lipinski definition) is 4. The maximum Gasteiger partial charge on any atom is 0.320 e. The lowest BCUT2D eigenvalue weighted by Crippen LogP contribution is -2.04. The summed E-state index contributed by atoms with van der Waals surface area (Å²) in [6.07, 6.45) is 0. The van der Waals surface area contributed by atoms with Gasteiger partial charge in [-0.2, -0.15) is 20.1 Å². The van der Waals surface area contributed by atoms with Crippen LogP contribution in [0.5, 0.6) is 11.8 Å². The Morgan fingerprint density at radius 1 is 0.651 bits per heavy atom. The fraction of sp³-hybridized carbons (Fsp3) is 0.147. The number of azo groups is 1. The number of aryl methyl sites for hydroxylation is 5. The highest BCUT2D eigenvalue weighted by molar-refractivity contribution is 6.03. The average Bonchev–Trinajstić information content (AvgIpc) is 2.95. The number of anilines is 4. The number of benzene rings is 5. The third kappa shape index (κ3) is 5.52. The number of hydrogen-bond acceptors (Lipinski definition) is 9. The summed E-state index contributed by atoms with van der Waals surface area (Å²) in [7, 11) is 0. The first-order valence-electron chi connectivity index (χ1n) is 13.9. The SMILES string of the molecule is Cc1cc(Nc2nc(O)nc(Nc3ccc(C)c(C)c3)n2)c2c(O)c(N=Nc3ccc4ccccc4c3C)c(C)cc2c1. The Kier molecular flexibility index (Phi) is 7.07. The number of phenols is 1. The van der Waals surface area contributed by atoms with Gasteiger partial charge in [-0.05, 0) is 109 Å². The highest BCUT2D eigenvalue weighted by atomic mass is 16.3. The number of nitrogens with zero attached hydrogens (tertiary/aromatic N) is 5. The van der Waals surface area contributed by atoms with Crippen LogP contribution in [0.2, 0.25) is 0 Å². The molecule has 0 atom stereocenters. The lowest BCUT2D eigenvalue weighted by molar-refractivity contribution is 0.430. The van der Waals surface area contributed by atoms with Gasteiger partial charge in [-0.15, -0.1) is 5.11 Å². The fourth-order valence-corrected chi connectivity index (χ4v) is 5.20. The van der Waals surface area contributed by atoms with Crippen molar-refractivity contribution in [3.8, 4) is 11.8 Å². The lowest BCUT2D eigenvalue weighted by atomic mass is 10.0. The Morgan fingerprint density at radius 3 is 2.21 bits per heavy atom. The van der Waals surface area contributed by atoms with Crippen LogP contribution in [-0.2, 0) is 0 Å². The maximum atomic E-state index is 11.5. The van der Waals surface area contributed by atoms with Crippen molar-refractivity contribution in [3.05, 3.63) is 101 Å². The molecule has 214 valence electrons. The highest BCUT2D eigenvalue weighted by Gasteiger charge is 2.17. The Morgan fingerprint density at radius 2 is 1.42 bits per heavy atom. The van der Waals surface area contributed by atoms with Crippen molar-refractivity contribution in [1.82, 2.24) is 15.0 Å². The maximum absolute atomic E-state index is 11.5. The smallest absolute Gasteiger partial charge is 0.320 e. The van der Waals surface area contributed by atoms with E-state index in [1.807, 2.05) is 95.3 Å². The van der Waals surface area contributed by atoms with Gasteiger partial charge in [-0.3, -0.25) is 0 Å². The first kappa shape index (κ1) is 27.6. The molecule has 0 aliphatic carbocycles. The van der Waals surface area contributed by atoms with Crippen LogP contribution >= 0.6 is 0 Å². The summed E-state index contributed by atoms with van der Waals surface area (Å²) in [5.41, 5.74) is 7.45. The minimum absolute atomic E-state index is 0.0218. The molecule has 0 amide bonds. The molecule has 5 aromatic carbocycles. The van der Waals surface area contributed by atoms with Gasteiger partial charge in [0.15, 0.2) is 5.75 Å². The van der Waals surface area contributed by atoms with E-state index < -0.39 is 6.01 Å². The molecule has 0 radical (unpaired) electrons. The van der Waals surface area contributed by atoms with E-state index >= 15 is 0 Å². The molecule has 0 spiro atoms. The molecular weight excluding hydrogens is 538 g/mol. The first-order chi connectivity index (χ1) is 20.7. The summed E-state index contributed by atoms with van der Waals surface area (Å²) in [6, 6.07) is 23.4. The zero-order valence-corrected chi connectivity index (χ0v) is 24.6. The molecule has 0 unspecified atom stereocenters. The third-order valence-corrected chi connectivity index (χ3v) is 7.58.